The highest BCUT2D eigenvalue weighted by Gasteiger charge is 2.29. The van der Waals surface area contributed by atoms with Crippen molar-refractivity contribution in [2.45, 2.75) is 38.5 Å². The lowest BCUT2D eigenvalue weighted by atomic mass is 10.0. The molecule has 2 N–H and O–H groups in total. The summed E-state index contributed by atoms with van der Waals surface area (Å²) in [7, 11) is 0. The van der Waals surface area contributed by atoms with Crippen molar-refractivity contribution in [1.29, 1.82) is 0 Å². The van der Waals surface area contributed by atoms with Gasteiger partial charge in [0.2, 0.25) is 0 Å². The normalized spacial score (nSPS) is 14.4. The average Bonchev–Trinajstić information content (AvgIpc) is 3.37. The third kappa shape index (κ3) is 6.19. The quantitative estimate of drug-likeness (QED) is 0.581. The summed E-state index contributed by atoms with van der Waals surface area (Å²) < 4.78 is 5.89. The molecule has 0 unspecified atom stereocenters. The second-order valence-electron chi connectivity index (χ2n) is 8.19. The van der Waals surface area contributed by atoms with Gasteiger partial charge in [-0.25, -0.2) is 0 Å². The maximum Gasteiger partial charge on any atom is 0.281 e. The van der Waals surface area contributed by atoms with Crippen LogP contribution < -0.4 is 10.1 Å². The third-order valence-electron chi connectivity index (χ3n) is 5.84. The van der Waals surface area contributed by atoms with E-state index in [-0.39, 0.29) is 11.9 Å². The molecule has 1 fully saturated rings. The molecule has 31 heavy (non-hydrogen) atoms. The van der Waals surface area contributed by atoms with Crippen LogP contribution in [0.1, 0.15) is 29.5 Å². The zero-order chi connectivity index (χ0) is 21.3. The number of carbonyl (C=O) groups excluding carboxylic acids is 1. The van der Waals surface area contributed by atoms with Crippen LogP contribution in [0.3, 0.4) is 0 Å². The third-order valence-corrected chi connectivity index (χ3v) is 5.84. The van der Waals surface area contributed by atoms with Crippen LogP contribution in [0.15, 0.2) is 84.9 Å². The molecule has 3 aromatic carbocycles. The molecule has 0 aromatic heterocycles. The van der Waals surface area contributed by atoms with Crippen LogP contribution in [0, 0.1) is 0 Å². The molecule has 1 aliphatic heterocycles. The lowest BCUT2D eigenvalue weighted by molar-refractivity contribution is -0.692. The van der Waals surface area contributed by atoms with Crippen LogP contribution in [0.4, 0.5) is 0 Å². The lowest BCUT2D eigenvalue weighted by Crippen LogP contribution is -2.91. The second-order valence-corrected chi connectivity index (χ2v) is 8.19. The molecule has 1 aliphatic rings. The molecule has 0 radical (unpaired) electrons. The summed E-state index contributed by atoms with van der Waals surface area (Å²) in [6, 6.07) is 28.6. The van der Waals surface area contributed by atoms with Gasteiger partial charge in [-0.05, 0) is 48.2 Å². The Morgan fingerprint density at radius 2 is 1.42 bits per heavy atom. The minimum atomic E-state index is -0.0884. The van der Waals surface area contributed by atoms with E-state index in [0.717, 1.165) is 50.2 Å². The summed E-state index contributed by atoms with van der Waals surface area (Å²) in [4.78, 5) is 15.2. The molecule has 0 spiro atoms. The number of quaternary nitrogens is 1. The Hall–Kier alpha value is -3.11. The minimum absolute atomic E-state index is 0.0884. The Kier molecular flexibility index (Phi) is 7.35. The van der Waals surface area contributed by atoms with Crippen molar-refractivity contribution in [3.05, 3.63) is 102 Å². The number of benzene rings is 3. The molecule has 1 saturated heterocycles. The van der Waals surface area contributed by atoms with Gasteiger partial charge in [0.15, 0.2) is 6.04 Å². The van der Waals surface area contributed by atoms with Gasteiger partial charge in [0, 0.05) is 25.1 Å². The number of carbonyl (C=O) groups is 1. The predicted octanol–water partition coefficient (Wildman–Crippen LogP) is 3.56. The monoisotopic (exact) mass is 415 g/mol. The molecule has 0 saturated carbocycles. The first-order chi connectivity index (χ1) is 15.3. The molecule has 0 aliphatic carbocycles. The molecule has 4 rings (SSSR count). The van der Waals surface area contributed by atoms with E-state index in [4.69, 9.17) is 4.74 Å². The van der Waals surface area contributed by atoms with Crippen LogP contribution in [0.25, 0.3) is 0 Å². The summed E-state index contributed by atoms with van der Waals surface area (Å²) in [6.45, 7) is 3.13. The summed E-state index contributed by atoms with van der Waals surface area (Å²) >= 11 is 0. The summed E-state index contributed by atoms with van der Waals surface area (Å²) in [5, 5.41) is 2.19. The van der Waals surface area contributed by atoms with E-state index in [1.54, 1.807) is 0 Å². The highest BCUT2D eigenvalue weighted by molar-refractivity contribution is 5.81. The van der Waals surface area contributed by atoms with Gasteiger partial charge in [0.25, 0.3) is 5.91 Å². The van der Waals surface area contributed by atoms with E-state index in [2.05, 4.69) is 41.7 Å². The molecular weight excluding hydrogens is 384 g/mol. The summed E-state index contributed by atoms with van der Waals surface area (Å²) in [6.07, 6.45) is 3.00. The standard InChI is InChI=1S/C27H30N2O2/c30-27(29-17-7-8-18-29)26(19-22-9-3-1-4-10-22)28-20-23-13-15-25(16-14-23)31-21-24-11-5-2-6-12-24/h1-6,9-16,26,28H,7-8,17-21H2/p+1/t26-/m1/s1. The Morgan fingerprint density at radius 3 is 2.06 bits per heavy atom. The van der Waals surface area contributed by atoms with E-state index in [1.807, 2.05) is 53.4 Å². The first kappa shape index (κ1) is 21.1. The van der Waals surface area contributed by atoms with E-state index in [0.29, 0.717) is 6.61 Å². The van der Waals surface area contributed by atoms with Crippen LogP contribution in [0.2, 0.25) is 0 Å². The fraction of sp³-hybridized carbons (Fsp3) is 0.296. The predicted molar refractivity (Wildman–Crippen MR) is 123 cm³/mol. The number of amides is 1. The van der Waals surface area contributed by atoms with Gasteiger partial charge in [-0.15, -0.1) is 0 Å². The smallest absolute Gasteiger partial charge is 0.281 e. The largest absolute Gasteiger partial charge is 0.489 e. The van der Waals surface area contributed by atoms with Gasteiger partial charge in [-0.2, -0.15) is 0 Å². The van der Waals surface area contributed by atoms with Crippen molar-refractivity contribution in [3.63, 3.8) is 0 Å². The van der Waals surface area contributed by atoms with Gasteiger partial charge in [-0.3, -0.25) is 4.79 Å². The molecule has 0 bridgehead atoms. The Morgan fingerprint density at radius 1 is 0.806 bits per heavy atom. The van der Waals surface area contributed by atoms with Gasteiger partial charge in [0.05, 0.1) is 0 Å². The maximum absolute atomic E-state index is 13.1. The van der Waals surface area contributed by atoms with Gasteiger partial charge < -0.3 is 15.0 Å². The number of ether oxygens (including phenoxy) is 1. The average molecular weight is 416 g/mol. The fourth-order valence-electron chi connectivity index (χ4n) is 4.05. The van der Waals surface area contributed by atoms with Gasteiger partial charge >= 0.3 is 0 Å². The second kappa shape index (κ2) is 10.8. The zero-order valence-corrected chi connectivity index (χ0v) is 18.0. The number of nitrogens with two attached hydrogens (primary N) is 1. The minimum Gasteiger partial charge on any atom is -0.489 e. The van der Waals surface area contributed by atoms with E-state index >= 15 is 0 Å². The fourth-order valence-corrected chi connectivity index (χ4v) is 4.05. The van der Waals surface area contributed by atoms with Crippen LogP contribution >= 0.6 is 0 Å². The number of hydrogen-bond acceptors (Lipinski definition) is 2. The molecule has 160 valence electrons. The summed E-state index contributed by atoms with van der Waals surface area (Å²) in [5.41, 5.74) is 3.56. The lowest BCUT2D eigenvalue weighted by Gasteiger charge is -2.22. The van der Waals surface area contributed by atoms with Crippen molar-refractivity contribution in [2.24, 2.45) is 0 Å². The maximum atomic E-state index is 13.1. The van der Waals surface area contributed by atoms with E-state index < -0.39 is 0 Å². The van der Waals surface area contributed by atoms with Gasteiger partial charge in [-0.1, -0.05) is 60.7 Å². The molecule has 3 aromatic rings. The number of rotatable bonds is 9. The molecular formula is C27H31N2O2+. The van der Waals surface area contributed by atoms with E-state index in [1.165, 1.54) is 11.1 Å². The zero-order valence-electron chi connectivity index (χ0n) is 18.0. The summed E-state index contributed by atoms with van der Waals surface area (Å²) in [5.74, 6) is 1.13. The van der Waals surface area contributed by atoms with Crippen molar-refractivity contribution in [1.82, 2.24) is 4.90 Å². The molecule has 1 amide bonds. The highest BCUT2D eigenvalue weighted by Crippen LogP contribution is 2.14. The number of nitrogens with zero attached hydrogens (tertiary/aromatic N) is 1. The molecule has 1 atom stereocenters. The van der Waals surface area contributed by atoms with Gasteiger partial charge in [0.1, 0.15) is 18.9 Å². The Balaban J connectivity index is 1.35. The highest BCUT2D eigenvalue weighted by atomic mass is 16.5. The first-order valence-electron chi connectivity index (χ1n) is 11.2. The van der Waals surface area contributed by atoms with Crippen molar-refractivity contribution in [2.75, 3.05) is 13.1 Å². The molecule has 4 heteroatoms. The topological polar surface area (TPSA) is 46.1 Å². The number of likely N-dealkylation sites (tertiary alicyclic amines) is 1. The Labute approximate surface area is 184 Å². The number of hydrogen-bond donors (Lipinski definition) is 1. The van der Waals surface area contributed by atoms with Crippen LogP contribution in [-0.2, 0) is 24.4 Å². The van der Waals surface area contributed by atoms with Crippen LogP contribution in [0.5, 0.6) is 5.75 Å². The van der Waals surface area contributed by atoms with Crippen molar-refractivity contribution in [3.8, 4) is 5.75 Å². The van der Waals surface area contributed by atoms with Crippen LogP contribution in [-0.4, -0.2) is 29.9 Å². The first-order valence-corrected chi connectivity index (χ1v) is 11.2. The van der Waals surface area contributed by atoms with Crippen molar-refractivity contribution < 1.29 is 14.8 Å². The molecule has 4 nitrogen and oxygen atoms in total. The Bertz CT molecular complexity index is 936. The van der Waals surface area contributed by atoms with E-state index in [9.17, 15) is 4.79 Å². The SMILES string of the molecule is O=C([C@@H](Cc1ccccc1)[NH2+]Cc1ccc(OCc2ccccc2)cc1)N1CCCC1. The molecule has 1 heterocycles. The van der Waals surface area contributed by atoms with Crippen molar-refractivity contribution >= 4 is 5.91 Å².